The van der Waals surface area contributed by atoms with Crippen molar-refractivity contribution in [3.05, 3.63) is 28.3 Å². The Morgan fingerprint density at radius 3 is 2.70 bits per heavy atom. The van der Waals surface area contributed by atoms with Crippen molar-refractivity contribution in [1.29, 1.82) is 0 Å². The Labute approximate surface area is 133 Å². The lowest BCUT2D eigenvalue weighted by atomic mass is 10.0. The molecule has 1 aromatic carbocycles. The number of rotatable bonds is 5. The molecule has 0 bridgehead atoms. The summed E-state index contributed by atoms with van der Waals surface area (Å²) in [7, 11) is -4.05. The maximum absolute atomic E-state index is 11.7. The molecule has 2 saturated heterocycles. The molecule has 10 heteroatoms. The Hall–Kier alpha value is -1.75. The lowest BCUT2D eigenvalue weighted by molar-refractivity contribution is -0.384. The summed E-state index contributed by atoms with van der Waals surface area (Å²) in [6, 6.07) is 4.16. The number of likely N-dealkylation sites (tertiary alicyclic amines) is 1. The predicted molar refractivity (Wildman–Crippen MR) is 82.7 cm³/mol. The smallest absolute Gasteiger partial charge is 0.293 e. The number of hydrogen-bond donors (Lipinski definition) is 2. The molecule has 2 heterocycles. The first-order chi connectivity index (χ1) is 10.9. The maximum Gasteiger partial charge on any atom is 0.293 e. The molecule has 0 aromatic heterocycles. The van der Waals surface area contributed by atoms with Gasteiger partial charge in [-0.1, -0.05) is 6.07 Å². The summed E-state index contributed by atoms with van der Waals surface area (Å²) in [5, 5.41) is 19.3. The fraction of sp³-hybridized carbons (Fsp3) is 0.538. The molecule has 1 aromatic rings. The van der Waals surface area contributed by atoms with Gasteiger partial charge < -0.3 is 10.1 Å². The standard InChI is InChI=1S/C13H18N4O5S/c14-23(20,21)12-3-1-2-11(17(18)19)13(12)15-9-6-16(7-9)10-4-5-22-8-10/h1-3,9-10,15H,4-8H2,(H2,14,20,21). The molecule has 0 aliphatic carbocycles. The zero-order chi connectivity index (χ0) is 16.6. The molecule has 0 spiro atoms. The first kappa shape index (κ1) is 16.1. The van der Waals surface area contributed by atoms with E-state index in [0.717, 1.165) is 13.0 Å². The van der Waals surface area contributed by atoms with Crippen LogP contribution >= 0.6 is 0 Å². The first-order valence-electron chi connectivity index (χ1n) is 7.25. The summed E-state index contributed by atoms with van der Waals surface area (Å²) in [6.45, 7) is 2.81. The van der Waals surface area contributed by atoms with E-state index in [1.54, 1.807) is 0 Å². The molecule has 1 atom stereocenters. The average molecular weight is 342 g/mol. The Bertz CT molecular complexity index is 711. The molecule has 2 aliphatic rings. The Kier molecular flexibility index (Phi) is 4.23. The predicted octanol–water partition coefficient (Wildman–Crippen LogP) is 0.127. The van der Waals surface area contributed by atoms with Crippen molar-refractivity contribution in [2.24, 2.45) is 5.14 Å². The van der Waals surface area contributed by atoms with Gasteiger partial charge in [-0.2, -0.15) is 0 Å². The van der Waals surface area contributed by atoms with E-state index in [0.29, 0.717) is 25.7 Å². The van der Waals surface area contributed by atoms with E-state index in [-0.39, 0.29) is 22.3 Å². The van der Waals surface area contributed by atoms with Crippen LogP contribution in [0.2, 0.25) is 0 Å². The highest BCUT2D eigenvalue weighted by molar-refractivity contribution is 7.89. The van der Waals surface area contributed by atoms with Gasteiger partial charge in [0.15, 0.2) is 0 Å². The molecule has 3 rings (SSSR count). The minimum absolute atomic E-state index is 0.0349. The number of para-hydroxylation sites is 1. The molecular formula is C13H18N4O5S. The third-order valence-corrected chi connectivity index (χ3v) is 5.14. The summed E-state index contributed by atoms with van der Waals surface area (Å²) >= 11 is 0. The van der Waals surface area contributed by atoms with Gasteiger partial charge in [-0.25, -0.2) is 13.6 Å². The second kappa shape index (κ2) is 6.04. The Balaban J connectivity index is 1.78. The topological polar surface area (TPSA) is 128 Å². The molecule has 0 amide bonds. The van der Waals surface area contributed by atoms with Gasteiger partial charge in [0.05, 0.1) is 17.6 Å². The second-order valence-corrected chi connectivity index (χ2v) is 7.29. The van der Waals surface area contributed by atoms with Crippen LogP contribution < -0.4 is 10.5 Å². The van der Waals surface area contributed by atoms with E-state index in [4.69, 9.17) is 9.88 Å². The van der Waals surface area contributed by atoms with Crippen molar-refractivity contribution in [3.8, 4) is 0 Å². The molecule has 23 heavy (non-hydrogen) atoms. The number of nitro groups is 1. The minimum atomic E-state index is -4.05. The van der Waals surface area contributed by atoms with Gasteiger partial charge in [-0.15, -0.1) is 0 Å². The van der Waals surface area contributed by atoms with Crippen molar-refractivity contribution in [2.45, 2.75) is 23.4 Å². The van der Waals surface area contributed by atoms with Crippen molar-refractivity contribution < 1.29 is 18.1 Å². The van der Waals surface area contributed by atoms with Gasteiger partial charge in [0.2, 0.25) is 10.0 Å². The molecule has 126 valence electrons. The van der Waals surface area contributed by atoms with E-state index in [1.165, 1.54) is 18.2 Å². The zero-order valence-electron chi connectivity index (χ0n) is 12.3. The normalized spacial score (nSPS) is 22.7. The highest BCUT2D eigenvalue weighted by Gasteiger charge is 2.36. The van der Waals surface area contributed by atoms with Gasteiger partial charge in [0.25, 0.3) is 5.69 Å². The Morgan fingerprint density at radius 1 is 1.39 bits per heavy atom. The fourth-order valence-electron chi connectivity index (χ4n) is 2.97. The van der Waals surface area contributed by atoms with Crippen LogP contribution in [-0.4, -0.2) is 56.6 Å². The fourth-order valence-corrected chi connectivity index (χ4v) is 3.69. The number of anilines is 1. The molecule has 0 radical (unpaired) electrons. The highest BCUT2D eigenvalue weighted by atomic mass is 32.2. The molecule has 2 aliphatic heterocycles. The summed E-state index contributed by atoms with van der Waals surface area (Å²) in [5.74, 6) is 0. The van der Waals surface area contributed by atoms with Gasteiger partial charge in [0.1, 0.15) is 10.6 Å². The quantitative estimate of drug-likeness (QED) is 0.575. The summed E-state index contributed by atoms with van der Waals surface area (Å²) < 4.78 is 28.7. The van der Waals surface area contributed by atoms with Crippen LogP contribution in [0.15, 0.2) is 23.1 Å². The number of nitrogens with one attached hydrogen (secondary N) is 1. The zero-order valence-corrected chi connectivity index (χ0v) is 13.2. The maximum atomic E-state index is 11.7. The van der Waals surface area contributed by atoms with E-state index >= 15 is 0 Å². The van der Waals surface area contributed by atoms with Gasteiger partial charge >= 0.3 is 0 Å². The van der Waals surface area contributed by atoms with Crippen LogP contribution in [0.1, 0.15) is 6.42 Å². The SMILES string of the molecule is NS(=O)(=O)c1cccc([N+](=O)[O-])c1NC1CN(C2CCOC2)C1. The molecule has 1 unspecified atom stereocenters. The van der Waals surface area contributed by atoms with E-state index in [1.807, 2.05) is 0 Å². The number of ether oxygens (including phenoxy) is 1. The third-order valence-electron chi connectivity index (χ3n) is 4.19. The van der Waals surface area contributed by atoms with Crippen molar-refractivity contribution in [3.63, 3.8) is 0 Å². The van der Waals surface area contributed by atoms with Gasteiger partial charge in [0, 0.05) is 31.8 Å². The third kappa shape index (κ3) is 3.29. The number of primary sulfonamides is 1. The number of nitrogens with zero attached hydrogens (tertiary/aromatic N) is 2. The van der Waals surface area contributed by atoms with Crippen molar-refractivity contribution in [1.82, 2.24) is 4.90 Å². The van der Waals surface area contributed by atoms with Crippen LogP contribution in [0.25, 0.3) is 0 Å². The highest BCUT2D eigenvalue weighted by Crippen LogP contribution is 2.33. The second-order valence-electron chi connectivity index (χ2n) is 5.76. The number of hydrogen-bond acceptors (Lipinski definition) is 7. The number of sulfonamides is 1. The van der Waals surface area contributed by atoms with E-state index in [9.17, 15) is 18.5 Å². The van der Waals surface area contributed by atoms with Crippen molar-refractivity contribution >= 4 is 21.4 Å². The number of nitrogens with two attached hydrogens (primary N) is 1. The van der Waals surface area contributed by atoms with Gasteiger partial charge in [-0.05, 0) is 12.5 Å². The molecule has 3 N–H and O–H groups in total. The van der Waals surface area contributed by atoms with Gasteiger partial charge in [-0.3, -0.25) is 15.0 Å². The largest absolute Gasteiger partial charge is 0.380 e. The number of nitro benzene ring substituents is 1. The van der Waals surface area contributed by atoms with E-state index < -0.39 is 14.9 Å². The lowest BCUT2D eigenvalue weighted by Gasteiger charge is -2.43. The van der Waals surface area contributed by atoms with E-state index in [2.05, 4.69) is 10.2 Å². The summed E-state index contributed by atoms with van der Waals surface area (Å²) in [5.41, 5.74) is -0.327. The summed E-state index contributed by atoms with van der Waals surface area (Å²) in [6.07, 6.45) is 0.973. The minimum Gasteiger partial charge on any atom is -0.380 e. The van der Waals surface area contributed by atoms with Crippen LogP contribution in [0.3, 0.4) is 0 Å². The van der Waals surface area contributed by atoms with Crippen molar-refractivity contribution in [2.75, 3.05) is 31.6 Å². The van der Waals surface area contributed by atoms with Crippen LogP contribution in [0.4, 0.5) is 11.4 Å². The molecular weight excluding hydrogens is 324 g/mol. The van der Waals surface area contributed by atoms with Crippen LogP contribution in [0.5, 0.6) is 0 Å². The van der Waals surface area contributed by atoms with Crippen LogP contribution in [-0.2, 0) is 14.8 Å². The molecule has 0 saturated carbocycles. The Morgan fingerprint density at radius 2 is 2.13 bits per heavy atom. The monoisotopic (exact) mass is 342 g/mol. The summed E-state index contributed by atoms with van der Waals surface area (Å²) in [4.78, 5) is 12.5. The molecule has 9 nitrogen and oxygen atoms in total. The van der Waals surface area contributed by atoms with Crippen LogP contribution in [0, 0.1) is 10.1 Å². The lowest BCUT2D eigenvalue weighted by Crippen LogP contribution is -2.58. The molecule has 2 fully saturated rings. The average Bonchev–Trinajstić information content (AvgIpc) is 2.94. The first-order valence-corrected chi connectivity index (χ1v) is 8.79. The number of benzene rings is 1.